The van der Waals surface area contributed by atoms with Crippen molar-refractivity contribution in [1.29, 1.82) is 0 Å². The smallest absolute Gasteiger partial charge is 0.222 e. The van der Waals surface area contributed by atoms with Gasteiger partial charge >= 0.3 is 0 Å². The highest BCUT2D eigenvalue weighted by molar-refractivity contribution is 5.75. The van der Waals surface area contributed by atoms with E-state index in [0.29, 0.717) is 30.6 Å². The van der Waals surface area contributed by atoms with Gasteiger partial charge in [-0.2, -0.15) is 0 Å². The topological polar surface area (TPSA) is 60.8 Å². The third-order valence-corrected chi connectivity index (χ3v) is 7.08. The van der Waals surface area contributed by atoms with Crippen LogP contribution in [-0.2, 0) is 11.2 Å². The Labute approximate surface area is 182 Å². The predicted molar refractivity (Wildman–Crippen MR) is 121 cm³/mol. The molecule has 1 fully saturated rings. The van der Waals surface area contributed by atoms with Crippen molar-refractivity contribution in [3.63, 3.8) is 0 Å². The first kappa shape index (κ1) is 23.0. The van der Waals surface area contributed by atoms with E-state index < -0.39 is 0 Å². The van der Waals surface area contributed by atoms with Crippen molar-refractivity contribution < 1.29 is 15.0 Å². The SMILES string of the molecule is Cc1cccc(C[C@@H](O)CC[C@@H]2[C@H]3CC(CCCCC(=O)N(C)C)=C[C@H]3C[C@H]2O)c1. The number of aliphatic hydroxyl groups excluding tert-OH is 2. The number of amides is 1. The van der Waals surface area contributed by atoms with Gasteiger partial charge in [0, 0.05) is 20.5 Å². The number of aliphatic hydroxyl groups is 2. The Kier molecular flexibility index (Phi) is 8.13. The summed E-state index contributed by atoms with van der Waals surface area (Å²) in [5.41, 5.74) is 3.92. The predicted octanol–water partition coefficient (Wildman–Crippen LogP) is 4.27. The van der Waals surface area contributed by atoms with E-state index >= 15 is 0 Å². The monoisotopic (exact) mass is 413 g/mol. The van der Waals surface area contributed by atoms with Crippen LogP contribution in [-0.4, -0.2) is 47.3 Å². The van der Waals surface area contributed by atoms with E-state index in [0.717, 1.165) is 44.9 Å². The van der Waals surface area contributed by atoms with Crippen LogP contribution in [0.2, 0.25) is 0 Å². The molecular formula is C26H39NO3. The number of rotatable bonds is 10. The largest absolute Gasteiger partial charge is 0.393 e. The standard InChI is InChI=1S/C26H39NO3/c1-18-7-6-9-19(13-18)15-22(28)11-12-23-24-16-20(14-21(24)17-25(23)29)8-4-5-10-26(30)27(2)3/h6-7,9,13-14,21-25,28-29H,4-5,8,10-12,15-17H2,1-3H3/t21-,22-,23+,24-,25+/m0/s1. The molecule has 0 bridgehead atoms. The zero-order valence-corrected chi connectivity index (χ0v) is 18.9. The molecule has 0 saturated heterocycles. The third-order valence-electron chi connectivity index (χ3n) is 7.08. The Hall–Kier alpha value is -1.65. The van der Waals surface area contributed by atoms with Gasteiger partial charge in [0.05, 0.1) is 12.2 Å². The number of unbranched alkanes of at least 4 members (excludes halogenated alkanes) is 1. The summed E-state index contributed by atoms with van der Waals surface area (Å²) in [6.45, 7) is 2.08. The van der Waals surface area contributed by atoms with E-state index in [2.05, 4.69) is 31.2 Å². The van der Waals surface area contributed by atoms with E-state index in [1.807, 2.05) is 20.2 Å². The maximum absolute atomic E-state index is 11.7. The van der Waals surface area contributed by atoms with E-state index in [4.69, 9.17) is 0 Å². The lowest BCUT2D eigenvalue weighted by molar-refractivity contribution is -0.128. The van der Waals surface area contributed by atoms with Gasteiger partial charge in [0.1, 0.15) is 0 Å². The van der Waals surface area contributed by atoms with Crippen molar-refractivity contribution in [2.75, 3.05) is 14.1 Å². The van der Waals surface area contributed by atoms with Crippen molar-refractivity contribution in [1.82, 2.24) is 4.90 Å². The molecule has 2 aliphatic carbocycles. The molecule has 1 amide bonds. The number of carbonyl (C=O) groups is 1. The Morgan fingerprint density at radius 3 is 2.80 bits per heavy atom. The molecule has 0 radical (unpaired) electrons. The fraction of sp³-hybridized carbons (Fsp3) is 0.654. The van der Waals surface area contributed by atoms with Gasteiger partial charge in [-0.1, -0.05) is 41.5 Å². The zero-order chi connectivity index (χ0) is 21.7. The lowest BCUT2D eigenvalue weighted by Gasteiger charge is -2.23. The minimum absolute atomic E-state index is 0.208. The molecule has 2 aliphatic rings. The molecule has 0 heterocycles. The quantitative estimate of drug-likeness (QED) is 0.445. The van der Waals surface area contributed by atoms with Gasteiger partial charge in [-0.15, -0.1) is 0 Å². The van der Waals surface area contributed by atoms with Gasteiger partial charge in [-0.05, 0) is 81.6 Å². The Morgan fingerprint density at radius 1 is 1.27 bits per heavy atom. The number of hydrogen-bond acceptors (Lipinski definition) is 3. The van der Waals surface area contributed by atoms with E-state index in [9.17, 15) is 15.0 Å². The number of aryl methyl sites for hydroxylation is 1. The third kappa shape index (κ3) is 6.18. The van der Waals surface area contributed by atoms with Crippen LogP contribution >= 0.6 is 0 Å². The lowest BCUT2D eigenvalue weighted by Crippen LogP contribution is -2.22. The van der Waals surface area contributed by atoms with Gasteiger partial charge in [0.25, 0.3) is 0 Å². The van der Waals surface area contributed by atoms with Crippen LogP contribution in [0.4, 0.5) is 0 Å². The summed E-state index contributed by atoms with van der Waals surface area (Å²) in [7, 11) is 3.62. The number of nitrogens with zero attached hydrogens (tertiary/aromatic N) is 1. The van der Waals surface area contributed by atoms with Crippen LogP contribution < -0.4 is 0 Å². The van der Waals surface area contributed by atoms with Crippen LogP contribution in [0.3, 0.4) is 0 Å². The summed E-state index contributed by atoms with van der Waals surface area (Å²) in [5, 5.41) is 21.1. The van der Waals surface area contributed by atoms with Gasteiger partial charge in [0.2, 0.25) is 5.91 Å². The molecule has 166 valence electrons. The fourth-order valence-corrected chi connectivity index (χ4v) is 5.44. The Morgan fingerprint density at radius 2 is 2.07 bits per heavy atom. The first-order chi connectivity index (χ1) is 14.3. The molecule has 2 N–H and O–H groups in total. The highest BCUT2D eigenvalue weighted by Gasteiger charge is 2.44. The van der Waals surface area contributed by atoms with Crippen LogP contribution in [0.5, 0.6) is 0 Å². The normalized spacial score (nSPS) is 26.4. The van der Waals surface area contributed by atoms with Crippen LogP contribution in [0.15, 0.2) is 35.9 Å². The summed E-state index contributed by atoms with van der Waals surface area (Å²) >= 11 is 0. The average molecular weight is 414 g/mol. The highest BCUT2D eigenvalue weighted by Crippen LogP contribution is 2.49. The van der Waals surface area contributed by atoms with Crippen molar-refractivity contribution in [2.24, 2.45) is 17.8 Å². The van der Waals surface area contributed by atoms with E-state index in [-0.39, 0.29) is 18.1 Å². The number of hydrogen-bond donors (Lipinski definition) is 2. The second kappa shape index (κ2) is 10.6. The summed E-state index contributed by atoms with van der Waals surface area (Å²) in [4.78, 5) is 13.4. The molecule has 5 atom stereocenters. The van der Waals surface area contributed by atoms with Gasteiger partial charge < -0.3 is 15.1 Å². The Bertz CT molecular complexity index is 742. The number of carbonyl (C=O) groups excluding carboxylic acids is 1. The minimum Gasteiger partial charge on any atom is -0.393 e. The number of allylic oxidation sites excluding steroid dienone is 2. The first-order valence-electron chi connectivity index (χ1n) is 11.6. The molecule has 0 unspecified atom stereocenters. The van der Waals surface area contributed by atoms with Gasteiger partial charge in [-0.25, -0.2) is 0 Å². The second-order valence-corrected chi connectivity index (χ2v) is 9.74. The Balaban J connectivity index is 1.42. The van der Waals surface area contributed by atoms with Gasteiger partial charge in [0.15, 0.2) is 0 Å². The number of fused-ring (bicyclic) bond motifs is 1. The van der Waals surface area contributed by atoms with Crippen molar-refractivity contribution >= 4 is 5.91 Å². The highest BCUT2D eigenvalue weighted by atomic mass is 16.3. The van der Waals surface area contributed by atoms with Gasteiger partial charge in [-0.3, -0.25) is 4.79 Å². The molecule has 30 heavy (non-hydrogen) atoms. The van der Waals surface area contributed by atoms with Crippen LogP contribution in [0, 0.1) is 24.7 Å². The molecule has 0 spiro atoms. The second-order valence-electron chi connectivity index (χ2n) is 9.74. The molecule has 0 aliphatic heterocycles. The molecule has 3 rings (SSSR count). The average Bonchev–Trinajstić information content (AvgIpc) is 3.19. The molecule has 1 saturated carbocycles. The minimum atomic E-state index is -0.346. The maximum Gasteiger partial charge on any atom is 0.222 e. The lowest BCUT2D eigenvalue weighted by atomic mass is 9.85. The molecule has 1 aromatic rings. The summed E-state index contributed by atoms with van der Waals surface area (Å²) in [6.07, 6.45) is 9.83. The first-order valence-corrected chi connectivity index (χ1v) is 11.6. The summed E-state index contributed by atoms with van der Waals surface area (Å²) in [5.74, 6) is 1.54. The maximum atomic E-state index is 11.7. The summed E-state index contributed by atoms with van der Waals surface area (Å²) in [6, 6.07) is 8.35. The van der Waals surface area contributed by atoms with Crippen molar-refractivity contribution in [2.45, 2.75) is 76.9 Å². The molecule has 4 nitrogen and oxygen atoms in total. The van der Waals surface area contributed by atoms with Crippen LogP contribution in [0.25, 0.3) is 0 Å². The van der Waals surface area contributed by atoms with E-state index in [1.165, 1.54) is 16.7 Å². The molecule has 1 aromatic carbocycles. The van der Waals surface area contributed by atoms with Crippen molar-refractivity contribution in [3.05, 3.63) is 47.0 Å². The van der Waals surface area contributed by atoms with Crippen molar-refractivity contribution in [3.8, 4) is 0 Å². The zero-order valence-electron chi connectivity index (χ0n) is 18.9. The number of benzene rings is 1. The molecule has 0 aromatic heterocycles. The summed E-state index contributed by atoms with van der Waals surface area (Å²) < 4.78 is 0. The molecular weight excluding hydrogens is 374 g/mol. The molecule has 4 heteroatoms. The van der Waals surface area contributed by atoms with Crippen LogP contribution in [0.1, 0.15) is 62.5 Å². The fourth-order valence-electron chi connectivity index (χ4n) is 5.44. The van der Waals surface area contributed by atoms with E-state index in [1.54, 1.807) is 4.90 Å².